The van der Waals surface area contributed by atoms with Crippen LogP contribution in [0.2, 0.25) is 0 Å². The number of rotatable bonds is 5. The van der Waals surface area contributed by atoms with Crippen molar-refractivity contribution >= 4 is 45.1 Å². The third-order valence-corrected chi connectivity index (χ3v) is 5.13. The first-order valence-electron chi connectivity index (χ1n) is 8.42. The van der Waals surface area contributed by atoms with Crippen molar-refractivity contribution in [3.63, 3.8) is 0 Å². The molecule has 6 N–H and O–H groups in total. The molecule has 0 radical (unpaired) electrons. The lowest BCUT2D eigenvalue weighted by molar-refractivity contribution is -0.115. The lowest BCUT2D eigenvalue weighted by Crippen LogP contribution is -2.28. The van der Waals surface area contributed by atoms with E-state index in [9.17, 15) is 14.4 Å². The number of benzene rings is 1. The number of nitrogens with one attached hydrogen (secondary N) is 1. The minimum Gasteiger partial charge on any atom is -0.381 e. The van der Waals surface area contributed by atoms with E-state index >= 15 is 0 Å². The van der Waals surface area contributed by atoms with E-state index < -0.39 is 11.7 Å². The molecule has 13 heteroatoms. The van der Waals surface area contributed by atoms with Gasteiger partial charge in [-0.15, -0.1) is 0 Å². The highest BCUT2D eigenvalue weighted by Crippen LogP contribution is 2.24. The number of nitrogens with zero attached hydrogens (tertiary/aromatic N) is 3. The Hall–Kier alpha value is -2.06. The molecule has 2 aromatic rings. The Morgan fingerprint density at radius 2 is 2.14 bits per heavy atom. The molecule has 0 atom stereocenters. The maximum atomic E-state index is 13.2. The molecule has 1 aliphatic rings. The van der Waals surface area contributed by atoms with Crippen molar-refractivity contribution in [2.45, 2.75) is 23.9 Å². The standard InChI is InChI=1S/C11H9BrFN5O3S.C5H11NO/c12-6-3-5(1-2-7(6)13)15-10(16-20)9-11(18-21-17-9)22-4-8(14)19;6-5-1-3-7-4-2-5/h1-3,20H,4H2,(H2,14,19)(H,15,16);5H,1-4,6H2. The molecule has 10 nitrogen and oxygen atoms in total. The number of ether oxygens (including phenoxy) is 1. The molecule has 1 amide bonds. The van der Waals surface area contributed by atoms with Crippen LogP contribution in [0.5, 0.6) is 0 Å². The number of amides is 1. The van der Waals surface area contributed by atoms with Gasteiger partial charge in [-0.25, -0.2) is 14.0 Å². The summed E-state index contributed by atoms with van der Waals surface area (Å²) in [5.41, 5.74) is 12.9. The summed E-state index contributed by atoms with van der Waals surface area (Å²) in [4.78, 5) is 14.9. The molecule has 0 bridgehead atoms. The summed E-state index contributed by atoms with van der Waals surface area (Å²) < 4.78 is 23.0. The van der Waals surface area contributed by atoms with Gasteiger partial charge in [0.05, 0.1) is 15.9 Å². The number of amidine groups is 1. The van der Waals surface area contributed by atoms with E-state index in [2.05, 4.69) is 35.9 Å². The van der Waals surface area contributed by atoms with E-state index in [1.54, 1.807) is 0 Å². The van der Waals surface area contributed by atoms with Gasteiger partial charge in [-0.05, 0) is 57.3 Å². The Morgan fingerprint density at radius 3 is 2.69 bits per heavy atom. The summed E-state index contributed by atoms with van der Waals surface area (Å²) in [6, 6.07) is 4.44. The predicted molar refractivity (Wildman–Crippen MR) is 107 cm³/mol. The molecule has 2 heterocycles. The first-order chi connectivity index (χ1) is 13.9. The smallest absolute Gasteiger partial charge is 0.227 e. The quantitative estimate of drug-likeness (QED) is 0.211. The monoisotopic (exact) mass is 490 g/mol. The maximum absolute atomic E-state index is 13.2. The minimum absolute atomic E-state index is 0.0397. The molecule has 1 aromatic carbocycles. The van der Waals surface area contributed by atoms with Gasteiger partial charge in [0.25, 0.3) is 0 Å². The summed E-state index contributed by atoms with van der Waals surface area (Å²) >= 11 is 4.01. The molecule has 1 aliphatic heterocycles. The molecular formula is C16H20BrFN6O4S. The zero-order valence-corrected chi connectivity index (χ0v) is 17.6. The fourth-order valence-electron chi connectivity index (χ4n) is 2.09. The molecule has 29 heavy (non-hydrogen) atoms. The summed E-state index contributed by atoms with van der Waals surface area (Å²) in [5, 5.41) is 16.6. The molecule has 0 spiro atoms. The maximum Gasteiger partial charge on any atom is 0.227 e. The van der Waals surface area contributed by atoms with Crippen LogP contribution in [0.4, 0.5) is 10.1 Å². The lowest BCUT2D eigenvalue weighted by atomic mass is 10.1. The van der Waals surface area contributed by atoms with Gasteiger partial charge in [0.2, 0.25) is 5.91 Å². The van der Waals surface area contributed by atoms with Gasteiger partial charge < -0.3 is 16.2 Å². The van der Waals surface area contributed by atoms with Gasteiger partial charge in [-0.1, -0.05) is 11.8 Å². The largest absolute Gasteiger partial charge is 0.381 e. The second-order valence-electron chi connectivity index (χ2n) is 5.79. The number of halogens is 2. The number of aliphatic imine (C=N–C) groups is 1. The van der Waals surface area contributed by atoms with Crippen molar-refractivity contribution < 1.29 is 23.8 Å². The van der Waals surface area contributed by atoms with E-state index in [1.165, 1.54) is 18.2 Å². The number of primary amides is 1. The van der Waals surface area contributed by atoms with Crippen molar-refractivity contribution in [1.82, 2.24) is 15.8 Å². The van der Waals surface area contributed by atoms with Crippen molar-refractivity contribution in [2.24, 2.45) is 16.5 Å². The van der Waals surface area contributed by atoms with Crippen molar-refractivity contribution in [3.05, 3.63) is 34.2 Å². The third kappa shape index (κ3) is 7.70. The van der Waals surface area contributed by atoms with E-state index in [-0.39, 0.29) is 26.8 Å². The highest BCUT2D eigenvalue weighted by atomic mass is 79.9. The van der Waals surface area contributed by atoms with Crippen molar-refractivity contribution in [3.8, 4) is 0 Å². The first kappa shape index (κ1) is 23.2. The van der Waals surface area contributed by atoms with Crippen LogP contribution >= 0.6 is 27.7 Å². The molecule has 0 aliphatic carbocycles. The van der Waals surface area contributed by atoms with Gasteiger partial charge >= 0.3 is 0 Å². The van der Waals surface area contributed by atoms with Crippen LogP contribution in [0.25, 0.3) is 0 Å². The van der Waals surface area contributed by atoms with Gasteiger partial charge in [0, 0.05) is 19.3 Å². The average molecular weight is 491 g/mol. The second-order valence-corrected chi connectivity index (χ2v) is 7.61. The fourth-order valence-corrected chi connectivity index (χ4v) is 3.09. The summed E-state index contributed by atoms with van der Waals surface area (Å²) in [5.74, 6) is -1.11. The predicted octanol–water partition coefficient (Wildman–Crippen LogP) is 1.73. The number of nitrogens with two attached hydrogens (primary N) is 2. The highest BCUT2D eigenvalue weighted by molar-refractivity contribution is 9.10. The van der Waals surface area contributed by atoms with Gasteiger partial charge in [-0.2, -0.15) is 0 Å². The SMILES string of the molecule is NC(=O)CSc1nonc1C(=Nc1ccc(F)c(Br)c1)NO.NC1CCOCC1. The number of aromatic nitrogens is 2. The highest BCUT2D eigenvalue weighted by Gasteiger charge is 2.18. The topological polar surface area (TPSA) is 162 Å². The van der Waals surface area contributed by atoms with E-state index in [0.29, 0.717) is 11.7 Å². The summed E-state index contributed by atoms with van der Waals surface area (Å²) in [7, 11) is 0. The molecule has 3 rings (SSSR count). The van der Waals surface area contributed by atoms with E-state index in [4.69, 9.17) is 16.2 Å². The zero-order chi connectivity index (χ0) is 21.2. The first-order valence-corrected chi connectivity index (χ1v) is 10.2. The Morgan fingerprint density at radius 1 is 1.41 bits per heavy atom. The van der Waals surface area contributed by atoms with Gasteiger partial charge in [0.1, 0.15) is 5.82 Å². The van der Waals surface area contributed by atoms with Crippen molar-refractivity contribution in [1.29, 1.82) is 0 Å². The van der Waals surface area contributed by atoms with Gasteiger partial charge in [-0.3, -0.25) is 15.5 Å². The number of hydroxylamine groups is 1. The van der Waals surface area contributed by atoms with Gasteiger partial charge in [0.15, 0.2) is 16.6 Å². The summed E-state index contributed by atoms with van der Waals surface area (Å²) in [6.07, 6.45) is 2.08. The molecule has 1 saturated heterocycles. The molecule has 1 aromatic heterocycles. The Bertz CT molecular complexity index is 847. The number of carbonyl (C=O) groups is 1. The van der Waals surface area contributed by atoms with Crippen molar-refractivity contribution in [2.75, 3.05) is 19.0 Å². The fraction of sp³-hybridized carbons (Fsp3) is 0.375. The van der Waals surface area contributed by atoms with Crippen LogP contribution in [0, 0.1) is 5.82 Å². The Labute approximate surface area is 178 Å². The Kier molecular flexibility index (Phi) is 9.47. The van der Waals surface area contributed by atoms with E-state index in [0.717, 1.165) is 37.8 Å². The molecule has 158 valence electrons. The number of hydrogen-bond donors (Lipinski definition) is 4. The zero-order valence-electron chi connectivity index (χ0n) is 15.2. The van der Waals surface area contributed by atoms with Crippen LogP contribution in [0.3, 0.4) is 0 Å². The third-order valence-electron chi connectivity index (χ3n) is 3.55. The molecule has 0 saturated carbocycles. The number of thioether (sulfide) groups is 1. The van der Waals surface area contributed by atoms with Crippen LogP contribution < -0.4 is 16.9 Å². The lowest BCUT2D eigenvalue weighted by Gasteiger charge is -2.16. The number of hydrogen-bond acceptors (Lipinski definition) is 9. The normalized spacial score (nSPS) is 14.8. The van der Waals surface area contributed by atoms with Crippen LogP contribution in [-0.2, 0) is 9.53 Å². The summed E-state index contributed by atoms with van der Waals surface area (Å²) in [6.45, 7) is 1.72. The van der Waals surface area contributed by atoms with Crippen LogP contribution in [0.15, 0.2) is 37.3 Å². The molecule has 0 unspecified atom stereocenters. The second kappa shape index (κ2) is 11.8. The molecular weight excluding hydrogens is 471 g/mol. The van der Waals surface area contributed by atoms with Crippen LogP contribution in [0.1, 0.15) is 18.5 Å². The Balaban J connectivity index is 0.000000360. The number of carbonyl (C=O) groups excluding carboxylic acids is 1. The molecule has 1 fully saturated rings. The van der Waals surface area contributed by atoms with E-state index in [1.807, 2.05) is 5.48 Å². The minimum atomic E-state index is -0.545. The van der Waals surface area contributed by atoms with Crippen LogP contribution in [-0.4, -0.2) is 52.3 Å². The average Bonchev–Trinajstić information content (AvgIpc) is 3.17.